The Morgan fingerprint density at radius 3 is 2.44 bits per heavy atom. The molecule has 1 aromatic rings. The number of nitrogens with one attached hydrogen (secondary N) is 1. The number of amides is 1. The van der Waals surface area contributed by atoms with E-state index in [4.69, 9.17) is 10.7 Å². The molecule has 0 aliphatic heterocycles. The lowest BCUT2D eigenvalue weighted by molar-refractivity contribution is -0.118. The maximum Gasteiger partial charge on any atom is 0.221 e. The first-order valence-electron chi connectivity index (χ1n) is 12.4. The first-order valence-corrected chi connectivity index (χ1v) is 13.7. The maximum atomic E-state index is 11.4. The minimum atomic E-state index is -0.0624. The van der Waals surface area contributed by atoms with Crippen LogP contribution in [0.1, 0.15) is 79.5 Å². The number of aliphatic imine (C=N–C) groups is 1. The van der Waals surface area contributed by atoms with E-state index >= 15 is 0 Å². The van der Waals surface area contributed by atoms with Gasteiger partial charge in [0, 0.05) is 30.2 Å². The number of carbonyl (C=O) groups is 1. The standard InChI is InChI=1S/C26H40N4OS.C2H6/c1-8-11-16-28-24-25(32-7)22(10-3)23(30-26(24)27)15-12-14-18(4)19(5)17-21(13-9-2)29-20(6)31;1-2/h9,12-14,16-19H,8,10-11,15H2,1-7H3,(H2,27,30)(H,29,31);1-2H3/b13-9-,14-12-,21-17+,28-16?;. The molecule has 0 radical (unpaired) electrons. The smallest absolute Gasteiger partial charge is 0.221 e. The van der Waals surface area contributed by atoms with E-state index in [1.54, 1.807) is 11.8 Å². The summed E-state index contributed by atoms with van der Waals surface area (Å²) in [5, 5.41) is 2.88. The molecule has 2 unspecified atom stereocenters. The van der Waals surface area contributed by atoms with Gasteiger partial charge in [-0.3, -0.25) is 9.79 Å². The Kier molecular flexibility index (Phi) is 16.8. The van der Waals surface area contributed by atoms with Crippen LogP contribution in [-0.4, -0.2) is 23.4 Å². The number of nitrogens with two attached hydrogens (primary N) is 1. The topological polar surface area (TPSA) is 80.4 Å². The highest BCUT2D eigenvalue weighted by atomic mass is 32.2. The predicted molar refractivity (Wildman–Crippen MR) is 152 cm³/mol. The summed E-state index contributed by atoms with van der Waals surface area (Å²) in [6, 6.07) is 0. The number of aromatic nitrogens is 1. The van der Waals surface area contributed by atoms with Crippen LogP contribution >= 0.6 is 11.8 Å². The van der Waals surface area contributed by atoms with Crippen LogP contribution in [-0.2, 0) is 17.6 Å². The first kappa shape index (κ1) is 31.7. The van der Waals surface area contributed by atoms with E-state index < -0.39 is 0 Å². The number of thioether (sulfide) groups is 1. The summed E-state index contributed by atoms with van der Waals surface area (Å²) in [5.41, 5.74) is 10.2. The molecule has 0 saturated carbocycles. The second-order valence-corrected chi connectivity index (χ2v) is 8.73. The lowest BCUT2D eigenvalue weighted by Gasteiger charge is -2.16. The molecule has 1 heterocycles. The van der Waals surface area contributed by atoms with E-state index in [9.17, 15) is 4.79 Å². The molecule has 34 heavy (non-hydrogen) atoms. The highest BCUT2D eigenvalue weighted by molar-refractivity contribution is 7.98. The zero-order valence-corrected chi connectivity index (χ0v) is 23.6. The third-order valence-electron chi connectivity index (χ3n) is 5.22. The summed E-state index contributed by atoms with van der Waals surface area (Å²) in [6.45, 7) is 16.1. The van der Waals surface area contributed by atoms with Crippen molar-refractivity contribution in [2.75, 3.05) is 12.0 Å². The molecule has 1 rings (SSSR count). The molecular formula is C28H46N4OS. The normalized spacial score (nSPS) is 13.9. The van der Waals surface area contributed by atoms with Crippen molar-refractivity contribution < 1.29 is 4.79 Å². The van der Waals surface area contributed by atoms with Crippen LogP contribution in [0.5, 0.6) is 0 Å². The quantitative estimate of drug-likeness (QED) is 0.139. The van der Waals surface area contributed by atoms with Gasteiger partial charge < -0.3 is 11.1 Å². The van der Waals surface area contributed by atoms with Crippen LogP contribution in [0.25, 0.3) is 0 Å². The number of hydrogen-bond donors (Lipinski definition) is 2. The molecule has 2 atom stereocenters. The van der Waals surface area contributed by atoms with E-state index in [-0.39, 0.29) is 11.8 Å². The van der Waals surface area contributed by atoms with Gasteiger partial charge in [0.1, 0.15) is 5.69 Å². The molecule has 1 amide bonds. The Balaban J connectivity index is 0.00000529. The van der Waals surface area contributed by atoms with Crippen LogP contribution < -0.4 is 11.1 Å². The summed E-state index contributed by atoms with van der Waals surface area (Å²) in [7, 11) is 0. The van der Waals surface area contributed by atoms with E-state index in [0.29, 0.717) is 11.7 Å². The van der Waals surface area contributed by atoms with Gasteiger partial charge >= 0.3 is 0 Å². The van der Waals surface area contributed by atoms with E-state index in [0.717, 1.165) is 47.7 Å². The Labute approximate surface area is 212 Å². The second-order valence-electron chi connectivity index (χ2n) is 7.91. The Morgan fingerprint density at radius 1 is 1.24 bits per heavy atom. The van der Waals surface area contributed by atoms with Crippen LogP contribution in [0.2, 0.25) is 0 Å². The van der Waals surface area contributed by atoms with E-state index in [1.165, 1.54) is 12.5 Å². The van der Waals surface area contributed by atoms with Crippen LogP contribution in [0.3, 0.4) is 0 Å². The zero-order valence-electron chi connectivity index (χ0n) is 22.7. The first-order chi connectivity index (χ1) is 16.3. The summed E-state index contributed by atoms with van der Waals surface area (Å²) in [6.07, 6.45) is 17.9. The summed E-state index contributed by atoms with van der Waals surface area (Å²) in [5.74, 6) is 1.01. The van der Waals surface area contributed by atoms with Gasteiger partial charge in [-0.25, -0.2) is 4.98 Å². The molecule has 0 spiro atoms. The number of allylic oxidation sites excluding steroid dienone is 5. The third kappa shape index (κ3) is 10.7. The van der Waals surface area contributed by atoms with Gasteiger partial charge in [-0.2, -0.15) is 0 Å². The molecule has 0 fully saturated rings. The molecule has 0 aromatic carbocycles. The summed E-state index contributed by atoms with van der Waals surface area (Å²) in [4.78, 5) is 21.9. The molecule has 0 aliphatic carbocycles. The van der Waals surface area contributed by atoms with Crippen LogP contribution in [0, 0.1) is 11.8 Å². The predicted octanol–water partition coefficient (Wildman–Crippen LogP) is 7.44. The van der Waals surface area contributed by atoms with E-state index in [2.05, 4.69) is 62.5 Å². The monoisotopic (exact) mass is 486 g/mol. The average Bonchev–Trinajstić information content (AvgIpc) is 2.80. The summed E-state index contributed by atoms with van der Waals surface area (Å²) >= 11 is 1.69. The van der Waals surface area contributed by atoms with Crippen LogP contribution in [0.15, 0.2) is 46.0 Å². The van der Waals surface area contributed by atoms with Crippen molar-refractivity contribution in [3.05, 3.63) is 47.3 Å². The fourth-order valence-corrected chi connectivity index (χ4v) is 4.20. The Hall–Kier alpha value is -2.34. The van der Waals surface area contributed by atoms with Crippen molar-refractivity contribution in [2.24, 2.45) is 16.8 Å². The van der Waals surface area contributed by atoms with Gasteiger partial charge in [-0.05, 0) is 49.5 Å². The molecular weight excluding hydrogens is 440 g/mol. The van der Waals surface area contributed by atoms with Gasteiger partial charge in [-0.1, -0.05) is 72.3 Å². The van der Waals surface area contributed by atoms with Crippen molar-refractivity contribution in [1.29, 1.82) is 0 Å². The van der Waals surface area contributed by atoms with Crippen molar-refractivity contribution in [3.8, 4) is 0 Å². The van der Waals surface area contributed by atoms with Gasteiger partial charge in [0.05, 0.1) is 5.69 Å². The highest BCUT2D eigenvalue weighted by Gasteiger charge is 2.16. The number of carbonyl (C=O) groups excluding carboxylic acids is 1. The van der Waals surface area contributed by atoms with Gasteiger partial charge in [0.2, 0.25) is 5.91 Å². The molecule has 0 aliphatic rings. The molecule has 5 nitrogen and oxygen atoms in total. The van der Waals surface area contributed by atoms with Crippen molar-refractivity contribution in [1.82, 2.24) is 10.3 Å². The molecule has 1 aromatic heterocycles. The Bertz CT molecular complexity index is 872. The molecule has 6 heteroatoms. The molecule has 190 valence electrons. The number of hydrogen-bond acceptors (Lipinski definition) is 5. The lowest BCUT2D eigenvalue weighted by atomic mass is 9.93. The molecule has 0 saturated heterocycles. The van der Waals surface area contributed by atoms with Gasteiger partial charge in [-0.15, -0.1) is 11.8 Å². The lowest BCUT2D eigenvalue weighted by Crippen LogP contribution is -2.19. The number of rotatable bonds is 12. The fourth-order valence-electron chi connectivity index (χ4n) is 3.35. The number of unbranched alkanes of at least 4 members (excludes halogenated alkanes) is 1. The maximum absolute atomic E-state index is 11.4. The third-order valence-corrected chi connectivity index (χ3v) is 6.07. The zero-order chi connectivity index (χ0) is 26.1. The van der Waals surface area contributed by atoms with Crippen molar-refractivity contribution >= 4 is 35.4 Å². The van der Waals surface area contributed by atoms with Crippen LogP contribution in [0.4, 0.5) is 11.5 Å². The van der Waals surface area contributed by atoms with Crippen molar-refractivity contribution in [3.63, 3.8) is 0 Å². The second kappa shape index (κ2) is 18.0. The number of pyridine rings is 1. The van der Waals surface area contributed by atoms with Crippen molar-refractivity contribution in [2.45, 2.75) is 86.0 Å². The van der Waals surface area contributed by atoms with Gasteiger partial charge in [0.25, 0.3) is 0 Å². The number of nitrogens with zero attached hydrogens (tertiary/aromatic N) is 2. The Morgan fingerprint density at radius 2 is 1.91 bits per heavy atom. The minimum absolute atomic E-state index is 0.0624. The summed E-state index contributed by atoms with van der Waals surface area (Å²) < 4.78 is 0. The number of nitrogen functional groups attached to an aromatic ring is 1. The largest absolute Gasteiger partial charge is 0.382 e. The van der Waals surface area contributed by atoms with E-state index in [1.807, 2.05) is 39.1 Å². The number of anilines is 1. The van der Waals surface area contributed by atoms with Gasteiger partial charge in [0.15, 0.2) is 5.82 Å². The fraction of sp³-hybridized carbons (Fsp3) is 0.536. The average molecular weight is 487 g/mol. The highest BCUT2D eigenvalue weighted by Crippen LogP contribution is 2.37. The molecule has 0 bridgehead atoms. The minimum Gasteiger partial charge on any atom is -0.382 e. The SMILES string of the molecule is C/C=C\C(=C/C(C)C(C)/C=C\Cc1nc(N)c(N=CCCC)c(SC)c1CC)NC(C)=O.CC. The molecule has 3 N–H and O–H groups in total.